The Balaban J connectivity index is 1.38. The van der Waals surface area contributed by atoms with Crippen LogP contribution in [0.2, 0.25) is 0 Å². The zero-order valence-corrected chi connectivity index (χ0v) is 11.6. The normalized spacial score (nSPS) is 26.6. The first-order chi connectivity index (χ1) is 9.35. The van der Waals surface area contributed by atoms with E-state index in [1.54, 1.807) is 0 Å². The maximum Gasteiger partial charge on any atom is 0.119 e. The zero-order chi connectivity index (χ0) is 13.1. The average molecular weight is 260 g/mol. The Morgan fingerprint density at radius 1 is 1.05 bits per heavy atom. The summed E-state index contributed by atoms with van der Waals surface area (Å²) in [5, 5.41) is 8.87. The van der Waals surface area contributed by atoms with Crippen molar-refractivity contribution in [1.29, 1.82) is 0 Å². The molecular formula is C17H24O2. The smallest absolute Gasteiger partial charge is 0.119 e. The molecular weight excluding hydrogens is 236 g/mol. The highest BCUT2D eigenvalue weighted by Gasteiger charge is 2.37. The van der Waals surface area contributed by atoms with Gasteiger partial charge in [0.1, 0.15) is 5.75 Å². The van der Waals surface area contributed by atoms with Crippen LogP contribution in [0.5, 0.6) is 5.75 Å². The van der Waals surface area contributed by atoms with Gasteiger partial charge in [-0.05, 0) is 54.7 Å². The minimum atomic E-state index is 0.213. The van der Waals surface area contributed by atoms with Crippen LogP contribution >= 0.6 is 0 Å². The minimum absolute atomic E-state index is 0.213. The van der Waals surface area contributed by atoms with Crippen molar-refractivity contribution in [3.8, 4) is 5.75 Å². The lowest BCUT2D eigenvalue weighted by Crippen LogP contribution is -2.36. The van der Waals surface area contributed by atoms with Gasteiger partial charge in [0, 0.05) is 6.61 Å². The highest BCUT2D eigenvalue weighted by molar-refractivity contribution is 5.27. The van der Waals surface area contributed by atoms with E-state index in [4.69, 9.17) is 9.84 Å². The second-order valence-corrected chi connectivity index (χ2v) is 6.22. The monoisotopic (exact) mass is 260 g/mol. The van der Waals surface area contributed by atoms with Gasteiger partial charge in [-0.3, -0.25) is 0 Å². The van der Waals surface area contributed by atoms with Gasteiger partial charge in [-0.2, -0.15) is 0 Å². The number of aliphatic hydroxyl groups excluding tert-OH is 1. The predicted octanol–water partition coefficient (Wildman–Crippen LogP) is 3.43. The van der Waals surface area contributed by atoms with Gasteiger partial charge in [0.05, 0.1) is 6.61 Å². The molecule has 0 spiro atoms. The molecule has 3 rings (SSSR count). The van der Waals surface area contributed by atoms with Crippen LogP contribution in [0.25, 0.3) is 0 Å². The lowest BCUT2D eigenvalue weighted by Gasteiger charge is -2.44. The van der Waals surface area contributed by atoms with Crippen LogP contribution in [0.1, 0.15) is 37.7 Å². The third kappa shape index (κ3) is 3.11. The number of hydrogen-bond donors (Lipinski definition) is 1. The van der Waals surface area contributed by atoms with Crippen molar-refractivity contribution < 1.29 is 9.84 Å². The molecule has 0 saturated heterocycles. The number of ether oxygens (including phenoxy) is 1. The summed E-state index contributed by atoms with van der Waals surface area (Å²) >= 11 is 0. The molecule has 2 nitrogen and oxygen atoms in total. The van der Waals surface area contributed by atoms with E-state index in [0.29, 0.717) is 0 Å². The van der Waals surface area contributed by atoms with E-state index in [0.717, 1.165) is 36.5 Å². The summed E-state index contributed by atoms with van der Waals surface area (Å²) in [5.41, 5.74) is 1.17. The molecule has 0 amide bonds. The fraction of sp³-hybridized carbons (Fsp3) is 0.647. The topological polar surface area (TPSA) is 29.5 Å². The Hall–Kier alpha value is -1.02. The van der Waals surface area contributed by atoms with Gasteiger partial charge in [0.15, 0.2) is 0 Å². The Labute approximate surface area is 115 Å². The number of hydrogen-bond acceptors (Lipinski definition) is 2. The second-order valence-electron chi connectivity index (χ2n) is 6.22. The molecule has 1 aromatic carbocycles. The Morgan fingerprint density at radius 3 is 2.37 bits per heavy atom. The summed E-state index contributed by atoms with van der Waals surface area (Å²) in [5.74, 6) is 3.81. The molecule has 1 N–H and O–H groups in total. The van der Waals surface area contributed by atoms with Crippen LogP contribution in [-0.2, 0) is 6.42 Å². The fourth-order valence-corrected chi connectivity index (χ4v) is 3.32. The number of aliphatic hydroxyl groups is 1. The predicted molar refractivity (Wildman–Crippen MR) is 76.3 cm³/mol. The summed E-state index contributed by atoms with van der Waals surface area (Å²) < 4.78 is 5.86. The molecule has 0 bridgehead atoms. The van der Waals surface area contributed by atoms with Crippen molar-refractivity contribution >= 4 is 0 Å². The summed E-state index contributed by atoms with van der Waals surface area (Å²) in [6.45, 7) is 1.09. The molecule has 2 heteroatoms. The highest BCUT2D eigenvalue weighted by atomic mass is 16.5. The minimum Gasteiger partial charge on any atom is -0.493 e. The van der Waals surface area contributed by atoms with Crippen LogP contribution in [0.3, 0.4) is 0 Å². The molecule has 2 saturated carbocycles. The first kappa shape index (κ1) is 13.0. The standard InChI is InChI=1S/C17H24O2/c18-9-8-13-4-6-17(7-5-13)19-12-14-10-16(11-14)15-2-1-3-15/h4-7,14-16,18H,1-3,8-12H2. The lowest BCUT2D eigenvalue weighted by molar-refractivity contribution is 0.0459. The van der Waals surface area contributed by atoms with Crippen LogP contribution in [0, 0.1) is 17.8 Å². The van der Waals surface area contributed by atoms with E-state index >= 15 is 0 Å². The molecule has 19 heavy (non-hydrogen) atoms. The molecule has 0 unspecified atom stereocenters. The van der Waals surface area contributed by atoms with Gasteiger partial charge in [0.2, 0.25) is 0 Å². The largest absolute Gasteiger partial charge is 0.493 e. The van der Waals surface area contributed by atoms with Crippen molar-refractivity contribution in [1.82, 2.24) is 0 Å². The van der Waals surface area contributed by atoms with Crippen LogP contribution in [0.4, 0.5) is 0 Å². The van der Waals surface area contributed by atoms with Crippen LogP contribution in [0.15, 0.2) is 24.3 Å². The van der Waals surface area contributed by atoms with E-state index in [2.05, 4.69) is 0 Å². The summed E-state index contributed by atoms with van der Waals surface area (Å²) in [6, 6.07) is 8.13. The van der Waals surface area contributed by atoms with Gasteiger partial charge >= 0.3 is 0 Å². The maximum absolute atomic E-state index is 8.87. The highest BCUT2D eigenvalue weighted by Crippen LogP contribution is 2.46. The first-order valence-electron chi connectivity index (χ1n) is 7.68. The SMILES string of the molecule is OCCc1ccc(OCC2CC(C3CCC3)C2)cc1. The fourth-order valence-electron chi connectivity index (χ4n) is 3.32. The summed E-state index contributed by atoms with van der Waals surface area (Å²) in [6.07, 6.45) is 7.91. The maximum atomic E-state index is 8.87. The van der Waals surface area contributed by atoms with Gasteiger partial charge < -0.3 is 9.84 Å². The molecule has 2 aliphatic rings. The quantitative estimate of drug-likeness (QED) is 0.849. The Bertz CT molecular complexity index is 388. The van der Waals surface area contributed by atoms with Gasteiger partial charge in [-0.15, -0.1) is 0 Å². The number of benzene rings is 1. The molecule has 104 valence electrons. The molecule has 2 fully saturated rings. The molecule has 0 atom stereocenters. The van der Waals surface area contributed by atoms with Crippen molar-refractivity contribution in [2.45, 2.75) is 38.5 Å². The Morgan fingerprint density at radius 2 is 1.79 bits per heavy atom. The van der Waals surface area contributed by atoms with Crippen LogP contribution in [-0.4, -0.2) is 18.3 Å². The molecule has 2 aliphatic carbocycles. The van der Waals surface area contributed by atoms with E-state index < -0.39 is 0 Å². The summed E-state index contributed by atoms with van der Waals surface area (Å²) in [7, 11) is 0. The first-order valence-corrected chi connectivity index (χ1v) is 7.68. The van der Waals surface area contributed by atoms with Crippen LogP contribution < -0.4 is 4.74 Å². The lowest BCUT2D eigenvalue weighted by atomic mass is 9.62. The third-order valence-electron chi connectivity index (χ3n) is 4.90. The average Bonchev–Trinajstić information content (AvgIpc) is 2.32. The van der Waals surface area contributed by atoms with Crippen molar-refractivity contribution in [2.24, 2.45) is 17.8 Å². The van der Waals surface area contributed by atoms with Crippen molar-refractivity contribution in [3.63, 3.8) is 0 Å². The third-order valence-corrected chi connectivity index (χ3v) is 4.90. The molecule has 0 aliphatic heterocycles. The molecule has 0 aromatic heterocycles. The van der Waals surface area contributed by atoms with Gasteiger partial charge in [-0.25, -0.2) is 0 Å². The van der Waals surface area contributed by atoms with Gasteiger partial charge in [0.25, 0.3) is 0 Å². The molecule has 0 heterocycles. The summed E-state index contributed by atoms with van der Waals surface area (Å²) in [4.78, 5) is 0. The molecule has 1 aromatic rings. The van der Waals surface area contributed by atoms with Crippen molar-refractivity contribution in [2.75, 3.05) is 13.2 Å². The van der Waals surface area contributed by atoms with E-state index in [1.807, 2.05) is 24.3 Å². The van der Waals surface area contributed by atoms with E-state index in [9.17, 15) is 0 Å². The Kier molecular flexibility index (Phi) is 4.07. The van der Waals surface area contributed by atoms with E-state index in [1.165, 1.54) is 37.7 Å². The molecule has 0 radical (unpaired) electrons. The van der Waals surface area contributed by atoms with E-state index in [-0.39, 0.29) is 6.61 Å². The van der Waals surface area contributed by atoms with Crippen molar-refractivity contribution in [3.05, 3.63) is 29.8 Å². The number of rotatable bonds is 6. The second kappa shape index (κ2) is 5.96. The zero-order valence-electron chi connectivity index (χ0n) is 11.6. The van der Waals surface area contributed by atoms with Gasteiger partial charge in [-0.1, -0.05) is 31.4 Å².